The molecule has 1 heterocycles. The van der Waals surface area contributed by atoms with Crippen molar-refractivity contribution >= 4 is 23.5 Å². The molecule has 0 aromatic carbocycles. The quantitative estimate of drug-likeness (QED) is 0.663. The fraction of sp³-hybridized carbons (Fsp3) is 0.636. The number of nitrogens with two attached hydrogens (primary N) is 1. The Balaban J connectivity index is 3.30. The molecular formula is C11H19N3O2S. The summed E-state index contributed by atoms with van der Waals surface area (Å²) in [4.78, 5) is 11.8. The molecule has 0 saturated carbocycles. The molecule has 0 aliphatic rings. The van der Waals surface area contributed by atoms with Crippen LogP contribution < -0.4 is 5.73 Å². The summed E-state index contributed by atoms with van der Waals surface area (Å²) in [6.07, 6.45) is 1.86. The SMILES string of the molecule is CCOC(=O)c1c(SC)nn(C(C)(C)C)c1N. The molecule has 1 aromatic rings. The van der Waals surface area contributed by atoms with Gasteiger partial charge in [0, 0.05) is 0 Å². The van der Waals surface area contributed by atoms with Crippen LogP contribution in [0.15, 0.2) is 5.03 Å². The van der Waals surface area contributed by atoms with Crippen molar-refractivity contribution in [2.24, 2.45) is 0 Å². The zero-order valence-electron chi connectivity index (χ0n) is 10.9. The molecule has 0 atom stereocenters. The van der Waals surface area contributed by atoms with Gasteiger partial charge in [0.25, 0.3) is 0 Å². The number of carbonyl (C=O) groups is 1. The molecule has 5 nitrogen and oxygen atoms in total. The number of anilines is 1. The summed E-state index contributed by atoms with van der Waals surface area (Å²) in [6.45, 7) is 8.04. The highest BCUT2D eigenvalue weighted by atomic mass is 32.2. The van der Waals surface area contributed by atoms with Gasteiger partial charge >= 0.3 is 5.97 Å². The number of esters is 1. The van der Waals surface area contributed by atoms with Gasteiger partial charge in [0.15, 0.2) is 0 Å². The predicted octanol–water partition coefficient (Wildman–Crippen LogP) is 2.12. The van der Waals surface area contributed by atoms with Gasteiger partial charge in [-0.15, -0.1) is 11.8 Å². The number of hydrogen-bond acceptors (Lipinski definition) is 5. The first-order chi connectivity index (χ1) is 7.82. The highest BCUT2D eigenvalue weighted by molar-refractivity contribution is 7.98. The Morgan fingerprint density at radius 3 is 2.53 bits per heavy atom. The van der Waals surface area contributed by atoms with Gasteiger partial charge in [-0.05, 0) is 34.0 Å². The van der Waals surface area contributed by atoms with Crippen LogP contribution in [0.4, 0.5) is 5.82 Å². The van der Waals surface area contributed by atoms with E-state index in [9.17, 15) is 4.79 Å². The molecule has 96 valence electrons. The van der Waals surface area contributed by atoms with Crippen molar-refractivity contribution in [1.29, 1.82) is 0 Å². The average Bonchev–Trinajstić information content (AvgIpc) is 2.55. The summed E-state index contributed by atoms with van der Waals surface area (Å²) in [5.41, 5.74) is 6.09. The van der Waals surface area contributed by atoms with Crippen LogP contribution in [0.1, 0.15) is 38.1 Å². The minimum Gasteiger partial charge on any atom is -0.462 e. The summed E-state index contributed by atoms with van der Waals surface area (Å²) in [5, 5.41) is 4.96. The van der Waals surface area contributed by atoms with Crippen LogP contribution in [0.2, 0.25) is 0 Å². The maximum absolute atomic E-state index is 11.8. The van der Waals surface area contributed by atoms with E-state index < -0.39 is 5.97 Å². The van der Waals surface area contributed by atoms with E-state index in [-0.39, 0.29) is 5.54 Å². The van der Waals surface area contributed by atoms with Gasteiger partial charge in [-0.25, -0.2) is 9.48 Å². The third-order valence-electron chi connectivity index (χ3n) is 2.20. The van der Waals surface area contributed by atoms with Crippen LogP contribution in [-0.2, 0) is 10.3 Å². The van der Waals surface area contributed by atoms with Crippen LogP contribution in [-0.4, -0.2) is 28.6 Å². The van der Waals surface area contributed by atoms with Crippen molar-refractivity contribution in [2.75, 3.05) is 18.6 Å². The van der Waals surface area contributed by atoms with Crippen LogP contribution in [0.25, 0.3) is 0 Å². The minimum absolute atomic E-state index is 0.265. The number of nitrogens with zero attached hydrogens (tertiary/aromatic N) is 2. The molecule has 0 aliphatic carbocycles. The van der Waals surface area contributed by atoms with E-state index in [1.807, 2.05) is 27.0 Å². The Labute approximate surface area is 106 Å². The van der Waals surface area contributed by atoms with E-state index in [0.717, 1.165) is 0 Å². The lowest BCUT2D eigenvalue weighted by Gasteiger charge is -2.20. The molecule has 0 amide bonds. The van der Waals surface area contributed by atoms with Crippen molar-refractivity contribution < 1.29 is 9.53 Å². The lowest BCUT2D eigenvalue weighted by Crippen LogP contribution is -2.25. The highest BCUT2D eigenvalue weighted by Gasteiger charge is 2.27. The van der Waals surface area contributed by atoms with Crippen LogP contribution in [0, 0.1) is 0 Å². The zero-order chi connectivity index (χ0) is 13.2. The van der Waals surface area contributed by atoms with Crippen molar-refractivity contribution in [3.8, 4) is 0 Å². The van der Waals surface area contributed by atoms with Gasteiger partial charge in [0.05, 0.1) is 12.1 Å². The lowest BCUT2D eigenvalue weighted by atomic mass is 10.1. The topological polar surface area (TPSA) is 70.1 Å². The first-order valence-electron chi connectivity index (χ1n) is 5.43. The van der Waals surface area contributed by atoms with Crippen molar-refractivity contribution in [1.82, 2.24) is 9.78 Å². The van der Waals surface area contributed by atoms with Gasteiger partial charge in [-0.2, -0.15) is 5.10 Å². The monoisotopic (exact) mass is 257 g/mol. The number of nitrogen functional groups attached to an aromatic ring is 1. The number of carbonyl (C=O) groups excluding carboxylic acids is 1. The third kappa shape index (κ3) is 2.74. The molecule has 0 bridgehead atoms. The molecule has 0 spiro atoms. The summed E-state index contributed by atoms with van der Waals surface area (Å²) in [7, 11) is 0. The van der Waals surface area contributed by atoms with E-state index in [1.165, 1.54) is 11.8 Å². The second-order valence-corrected chi connectivity index (χ2v) is 5.37. The fourth-order valence-electron chi connectivity index (χ4n) is 1.46. The number of thioether (sulfide) groups is 1. The maximum atomic E-state index is 11.8. The molecule has 0 radical (unpaired) electrons. The normalized spacial score (nSPS) is 11.6. The second-order valence-electron chi connectivity index (χ2n) is 4.57. The first-order valence-corrected chi connectivity index (χ1v) is 6.65. The van der Waals surface area contributed by atoms with Crippen molar-refractivity contribution in [2.45, 2.75) is 38.3 Å². The van der Waals surface area contributed by atoms with Gasteiger partial charge in [-0.3, -0.25) is 0 Å². The van der Waals surface area contributed by atoms with E-state index in [0.29, 0.717) is 23.0 Å². The van der Waals surface area contributed by atoms with Crippen LogP contribution in [0.3, 0.4) is 0 Å². The number of rotatable bonds is 3. The average molecular weight is 257 g/mol. The van der Waals surface area contributed by atoms with Crippen LogP contribution >= 0.6 is 11.8 Å². The van der Waals surface area contributed by atoms with E-state index >= 15 is 0 Å². The van der Waals surface area contributed by atoms with Crippen molar-refractivity contribution in [3.63, 3.8) is 0 Å². The Morgan fingerprint density at radius 2 is 2.12 bits per heavy atom. The Bertz CT molecular complexity index is 421. The Hall–Kier alpha value is -1.17. The van der Waals surface area contributed by atoms with Gasteiger partial charge in [0.2, 0.25) is 0 Å². The minimum atomic E-state index is -0.412. The second kappa shape index (κ2) is 5.00. The molecule has 1 aromatic heterocycles. The number of hydrogen-bond donors (Lipinski definition) is 1. The Morgan fingerprint density at radius 1 is 1.53 bits per heavy atom. The Kier molecular flexibility index (Phi) is 4.08. The summed E-state index contributed by atoms with van der Waals surface area (Å²) in [6, 6.07) is 0. The third-order valence-corrected chi connectivity index (χ3v) is 2.87. The van der Waals surface area contributed by atoms with Gasteiger partial charge in [0.1, 0.15) is 16.4 Å². The summed E-state index contributed by atoms with van der Waals surface area (Å²) >= 11 is 1.39. The molecule has 0 fully saturated rings. The lowest BCUT2D eigenvalue weighted by molar-refractivity contribution is 0.0523. The summed E-state index contributed by atoms with van der Waals surface area (Å²) in [5.74, 6) is -0.0508. The molecular weight excluding hydrogens is 238 g/mol. The smallest absolute Gasteiger partial charge is 0.344 e. The van der Waals surface area contributed by atoms with E-state index in [4.69, 9.17) is 10.5 Å². The molecule has 2 N–H and O–H groups in total. The largest absolute Gasteiger partial charge is 0.462 e. The number of aromatic nitrogens is 2. The number of ether oxygens (including phenoxy) is 1. The maximum Gasteiger partial charge on any atom is 0.344 e. The molecule has 1 rings (SSSR count). The summed E-state index contributed by atoms with van der Waals surface area (Å²) < 4.78 is 6.65. The predicted molar refractivity (Wildman–Crippen MR) is 69.4 cm³/mol. The standard InChI is InChI=1S/C11H19N3O2S/c1-6-16-10(15)7-8(12)14(11(2,3)4)13-9(7)17-5/h6,12H2,1-5H3. The van der Waals surface area contributed by atoms with E-state index in [1.54, 1.807) is 11.6 Å². The van der Waals surface area contributed by atoms with E-state index in [2.05, 4.69) is 5.10 Å². The molecule has 6 heteroatoms. The molecule has 0 unspecified atom stereocenters. The molecule has 17 heavy (non-hydrogen) atoms. The van der Waals surface area contributed by atoms with Gasteiger partial charge < -0.3 is 10.5 Å². The fourth-order valence-corrected chi connectivity index (χ4v) is 2.01. The molecule has 0 saturated heterocycles. The first kappa shape index (κ1) is 13.9. The highest BCUT2D eigenvalue weighted by Crippen LogP contribution is 2.29. The van der Waals surface area contributed by atoms with Gasteiger partial charge in [-0.1, -0.05) is 0 Å². The van der Waals surface area contributed by atoms with Crippen molar-refractivity contribution in [3.05, 3.63) is 5.56 Å². The van der Waals surface area contributed by atoms with Crippen LogP contribution in [0.5, 0.6) is 0 Å². The zero-order valence-corrected chi connectivity index (χ0v) is 11.7. The molecule has 0 aliphatic heterocycles.